The average molecular weight is 445 g/mol. The maximum Gasteiger partial charge on any atom is 0.460 e. The van der Waals surface area contributed by atoms with Gasteiger partial charge in [0.25, 0.3) is 0 Å². The Morgan fingerprint density at radius 2 is 1.15 bits per heavy atom. The number of quaternary nitrogens is 1. The lowest BCUT2D eigenvalue weighted by molar-refractivity contribution is -0.940. The van der Waals surface area contributed by atoms with E-state index in [0.717, 1.165) is 11.2 Å². The zero-order valence-electron chi connectivity index (χ0n) is 14.7. The average Bonchev–Trinajstić information content (AvgIpc) is 2.51. The molecule has 0 aromatic heterocycles. The summed E-state index contributed by atoms with van der Waals surface area (Å²) in [5.74, 6) is -14.8. The van der Waals surface area contributed by atoms with Crippen LogP contribution >= 0.6 is 0 Å². The van der Waals surface area contributed by atoms with Crippen LogP contribution in [-0.2, 0) is 14.9 Å². The van der Waals surface area contributed by atoms with Gasteiger partial charge in [-0.2, -0.15) is 39.5 Å². The fraction of sp³-hybridized carbons (Fsp3) is 1.00. The normalized spacial score (nSPS) is 14.6. The highest BCUT2D eigenvalue weighted by molar-refractivity contribution is 7.86. The fourth-order valence-corrected chi connectivity index (χ4v) is 2.18. The third-order valence-electron chi connectivity index (χ3n) is 3.85. The first-order valence-electron chi connectivity index (χ1n) is 7.24. The summed E-state index contributed by atoms with van der Waals surface area (Å²) in [4.78, 5) is 0. The molecule has 0 saturated carbocycles. The van der Waals surface area contributed by atoms with Gasteiger partial charge in [-0.25, -0.2) is 8.42 Å². The molecule has 0 heterocycles. The Kier molecular flexibility index (Phi) is 9.61. The number of halogens is 9. The summed E-state index contributed by atoms with van der Waals surface area (Å²) in [5, 5.41) is -7.11. The first-order chi connectivity index (χ1) is 11.7. The van der Waals surface area contributed by atoms with Gasteiger partial charge in [0.2, 0.25) is 0 Å². The first kappa shape index (κ1) is 28.4. The van der Waals surface area contributed by atoms with Crippen molar-refractivity contribution in [3.05, 3.63) is 0 Å². The molecule has 27 heavy (non-hydrogen) atoms. The minimum atomic E-state index is -7.43. The van der Waals surface area contributed by atoms with Crippen LogP contribution in [0.4, 0.5) is 39.5 Å². The molecule has 166 valence electrons. The minimum absolute atomic E-state index is 0.851. The molecule has 0 aliphatic rings. The SMILES string of the molecule is CC[N+](CC)(CC)COC.O=S(=O)([O-])C(F)(F)C(F)(F)C(F)(F)C(F)(F)F. The van der Waals surface area contributed by atoms with Crippen molar-refractivity contribution in [2.75, 3.05) is 33.5 Å². The van der Waals surface area contributed by atoms with Crippen LogP contribution in [-0.4, -0.2) is 74.2 Å². The largest absolute Gasteiger partial charge is 0.743 e. The van der Waals surface area contributed by atoms with Gasteiger partial charge < -0.3 is 13.8 Å². The van der Waals surface area contributed by atoms with E-state index in [9.17, 15) is 52.5 Å². The Hall–Kier alpha value is -0.800. The molecule has 0 unspecified atom stereocenters. The molecule has 0 spiro atoms. The van der Waals surface area contributed by atoms with E-state index in [1.165, 1.54) is 19.6 Å². The van der Waals surface area contributed by atoms with Gasteiger partial charge in [-0.15, -0.1) is 0 Å². The molecule has 0 radical (unpaired) electrons. The van der Waals surface area contributed by atoms with Crippen LogP contribution in [0.3, 0.4) is 0 Å². The van der Waals surface area contributed by atoms with Crippen molar-refractivity contribution in [3.63, 3.8) is 0 Å². The molecular formula is C12H20F9NO4S. The zero-order chi connectivity index (χ0) is 22.5. The van der Waals surface area contributed by atoms with Crippen molar-refractivity contribution < 1.29 is 61.7 Å². The number of alkyl halides is 9. The number of rotatable bonds is 8. The number of nitrogens with zero attached hydrogens (tertiary/aromatic N) is 1. The maximum atomic E-state index is 12.2. The summed E-state index contributed by atoms with van der Waals surface area (Å²) >= 11 is 0. The molecular weight excluding hydrogens is 425 g/mol. The third kappa shape index (κ3) is 5.84. The van der Waals surface area contributed by atoms with Gasteiger partial charge in [-0.05, 0) is 20.8 Å². The van der Waals surface area contributed by atoms with Crippen LogP contribution in [0.2, 0.25) is 0 Å². The van der Waals surface area contributed by atoms with Crippen LogP contribution in [0, 0.1) is 0 Å². The predicted octanol–water partition coefficient (Wildman–Crippen LogP) is 3.42. The topological polar surface area (TPSA) is 66.4 Å². The van der Waals surface area contributed by atoms with E-state index in [0.29, 0.717) is 0 Å². The van der Waals surface area contributed by atoms with Gasteiger partial charge >= 0.3 is 23.3 Å². The summed E-state index contributed by atoms with van der Waals surface area (Å²) in [6.45, 7) is 11.0. The second kappa shape index (κ2) is 9.13. The van der Waals surface area contributed by atoms with Crippen LogP contribution in [0.1, 0.15) is 20.8 Å². The predicted molar refractivity (Wildman–Crippen MR) is 74.4 cm³/mol. The molecule has 5 nitrogen and oxygen atoms in total. The van der Waals surface area contributed by atoms with Crippen LogP contribution in [0.25, 0.3) is 0 Å². The van der Waals surface area contributed by atoms with E-state index in [4.69, 9.17) is 4.74 Å². The molecule has 0 amide bonds. The maximum absolute atomic E-state index is 12.2. The monoisotopic (exact) mass is 445 g/mol. The highest BCUT2D eigenvalue weighted by atomic mass is 32.2. The lowest BCUT2D eigenvalue weighted by Gasteiger charge is -2.34. The van der Waals surface area contributed by atoms with E-state index < -0.39 is 33.4 Å². The Balaban J connectivity index is 0. The van der Waals surface area contributed by atoms with E-state index >= 15 is 0 Å². The zero-order valence-corrected chi connectivity index (χ0v) is 15.5. The van der Waals surface area contributed by atoms with E-state index in [1.807, 2.05) is 0 Å². The number of ether oxygens (including phenoxy) is 1. The first-order valence-corrected chi connectivity index (χ1v) is 8.65. The van der Waals surface area contributed by atoms with E-state index in [2.05, 4.69) is 20.8 Å². The van der Waals surface area contributed by atoms with Gasteiger partial charge in [-0.1, -0.05) is 0 Å². The third-order valence-corrected chi connectivity index (χ3v) is 4.73. The van der Waals surface area contributed by atoms with Gasteiger partial charge in [0, 0.05) is 7.11 Å². The lowest BCUT2D eigenvalue weighted by Crippen LogP contribution is -2.63. The van der Waals surface area contributed by atoms with Gasteiger partial charge in [0.15, 0.2) is 16.8 Å². The molecule has 0 aromatic rings. The Morgan fingerprint density at radius 3 is 1.30 bits per heavy atom. The molecule has 0 N–H and O–H groups in total. The summed E-state index contributed by atoms with van der Waals surface area (Å²) in [7, 11) is -5.64. The second-order valence-electron chi connectivity index (χ2n) is 5.33. The van der Waals surface area contributed by atoms with Crippen molar-refractivity contribution in [2.45, 2.75) is 44.0 Å². The van der Waals surface area contributed by atoms with Crippen molar-refractivity contribution in [1.29, 1.82) is 0 Å². The Morgan fingerprint density at radius 1 is 0.815 bits per heavy atom. The van der Waals surface area contributed by atoms with Gasteiger partial charge in [0.1, 0.15) is 0 Å². The smallest absolute Gasteiger partial charge is 0.460 e. The van der Waals surface area contributed by atoms with Crippen molar-refractivity contribution in [3.8, 4) is 0 Å². The van der Waals surface area contributed by atoms with Crippen molar-refractivity contribution >= 4 is 10.1 Å². The highest BCUT2D eigenvalue weighted by Gasteiger charge is 2.83. The summed E-state index contributed by atoms with van der Waals surface area (Å²) in [6.07, 6.45) is -7.16. The minimum Gasteiger partial charge on any atom is -0.743 e. The fourth-order valence-electron chi connectivity index (χ4n) is 1.74. The van der Waals surface area contributed by atoms with E-state index in [1.54, 1.807) is 7.11 Å². The number of methoxy groups -OCH3 is 1. The summed E-state index contributed by atoms with van der Waals surface area (Å²) in [6, 6.07) is 0. The van der Waals surface area contributed by atoms with E-state index in [-0.39, 0.29) is 0 Å². The molecule has 0 aliphatic heterocycles. The van der Waals surface area contributed by atoms with Gasteiger partial charge in [-0.3, -0.25) is 0 Å². The quantitative estimate of drug-likeness (QED) is 0.249. The Bertz CT molecular complexity index is 551. The molecule has 15 heteroatoms. The number of hydrogen-bond acceptors (Lipinski definition) is 4. The summed E-state index contributed by atoms with van der Waals surface area (Å²) in [5.41, 5.74) is 0. The second-order valence-corrected chi connectivity index (χ2v) is 6.75. The van der Waals surface area contributed by atoms with Crippen LogP contribution < -0.4 is 0 Å². The van der Waals surface area contributed by atoms with Crippen LogP contribution in [0.5, 0.6) is 0 Å². The van der Waals surface area contributed by atoms with Crippen molar-refractivity contribution in [2.24, 2.45) is 0 Å². The number of hydrogen-bond donors (Lipinski definition) is 0. The highest BCUT2D eigenvalue weighted by Crippen LogP contribution is 2.54. The molecule has 0 rings (SSSR count). The van der Waals surface area contributed by atoms with Crippen molar-refractivity contribution in [1.82, 2.24) is 0 Å². The summed E-state index contributed by atoms with van der Waals surface area (Å²) < 4.78 is 142. The molecule has 0 aliphatic carbocycles. The molecule has 0 atom stereocenters. The lowest BCUT2D eigenvalue weighted by atomic mass is 10.1. The standard InChI is InChI=1S/C8H20NO.C4HF9O3S/c1-5-9(6-2,7-3)8-10-4;5-1(6,3(9,10)11)2(7,8)4(12,13)17(14,15)16/h5-8H2,1-4H3;(H,14,15,16)/q+1;/p-1. The molecule has 0 bridgehead atoms. The molecule has 0 aromatic carbocycles. The van der Waals surface area contributed by atoms with Crippen LogP contribution in [0.15, 0.2) is 0 Å². The Labute approximate surface area is 150 Å². The molecule has 0 saturated heterocycles. The molecule has 0 fully saturated rings. The van der Waals surface area contributed by atoms with Gasteiger partial charge in [0.05, 0.1) is 19.6 Å².